The van der Waals surface area contributed by atoms with Crippen LogP contribution in [0.5, 0.6) is 0 Å². The monoisotopic (exact) mass is 460 g/mol. The maximum absolute atomic E-state index is 13.4. The minimum atomic E-state index is -0.534. The number of nitrogens with one attached hydrogen (secondary N) is 1. The van der Waals surface area contributed by atoms with Crippen molar-refractivity contribution in [2.24, 2.45) is 0 Å². The molecule has 2 aromatic carbocycles. The molecule has 0 aliphatic heterocycles. The summed E-state index contributed by atoms with van der Waals surface area (Å²) in [6, 6.07) is 12.9. The molecule has 1 saturated carbocycles. The summed E-state index contributed by atoms with van der Waals surface area (Å²) < 4.78 is 0. The molecular formula is C25H30Cl2N2O2. The van der Waals surface area contributed by atoms with Crippen LogP contribution < -0.4 is 5.32 Å². The van der Waals surface area contributed by atoms with Gasteiger partial charge in [-0.15, -0.1) is 0 Å². The Hall–Kier alpha value is -2.04. The Morgan fingerprint density at radius 1 is 1.03 bits per heavy atom. The topological polar surface area (TPSA) is 49.4 Å². The quantitative estimate of drug-likeness (QED) is 0.548. The highest BCUT2D eigenvalue weighted by atomic mass is 35.5. The number of nitrogens with zero attached hydrogens (tertiary/aromatic N) is 1. The van der Waals surface area contributed by atoms with Crippen LogP contribution in [0.25, 0.3) is 0 Å². The first-order chi connectivity index (χ1) is 14.9. The van der Waals surface area contributed by atoms with Crippen molar-refractivity contribution in [3.8, 4) is 0 Å². The van der Waals surface area contributed by atoms with Crippen LogP contribution in [0.2, 0.25) is 10.0 Å². The second-order valence-electron chi connectivity index (χ2n) is 8.35. The van der Waals surface area contributed by atoms with Gasteiger partial charge in [0.05, 0.1) is 16.5 Å². The van der Waals surface area contributed by atoms with Crippen molar-refractivity contribution in [1.82, 2.24) is 10.2 Å². The molecule has 166 valence electrons. The SMILES string of the molecule is CC[C@H](C(=O)NC1CCCC1)N(Cc1ccc(Cl)c(Cl)c1)C(=O)Cc1ccc(C)cc1. The summed E-state index contributed by atoms with van der Waals surface area (Å²) in [7, 11) is 0. The van der Waals surface area contributed by atoms with E-state index < -0.39 is 6.04 Å². The van der Waals surface area contributed by atoms with Gasteiger partial charge >= 0.3 is 0 Å². The molecule has 4 nitrogen and oxygen atoms in total. The van der Waals surface area contributed by atoms with Gasteiger partial charge in [0.25, 0.3) is 0 Å². The zero-order valence-electron chi connectivity index (χ0n) is 18.2. The van der Waals surface area contributed by atoms with Gasteiger partial charge in [-0.25, -0.2) is 0 Å². The lowest BCUT2D eigenvalue weighted by Gasteiger charge is -2.31. The minimum absolute atomic E-state index is 0.0771. The van der Waals surface area contributed by atoms with E-state index in [0.717, 1.165) is 42.4 Å². The fourth-order valence-corrected chi connectivity index (χ4v) is 4.42. The number of carbonyl (C=O) groups excluding carboxylic acids is 2. The van der Waals surface area contributed by atoms with E-state index in [9.17, 15) is 9.59 Å². The van der Waals surface area contributed by atoms with Crippen LogP contribution in [-0.2, 0) is 22.6 Å². The summed E-state index contributed by atoms with van der Waals surface area (Å²) in [5.41, 5.74) is 2.92. The molecule has 0 spiro atoms. The van der Waals surface area contributed by atoms with Crippen molar-refractivity contribution in [3.63, 3.8) is 0 Å². The average Bonchev–Trinajstić information content (AvgIpc) is 3.25. The summed E-state index contributed by atoms with van der Waals surface area (Å²) in [6.07, 6.45) is 5.08. The lowest BCUT2D eigenvalue weighted by molar-refractivity contribution is -0.141. The zero-order chi connectivity index (χ0) is 22.4. The van der Waals surface area contributed by atoms with E-state index in [2.05, 4.69) is 5.32 Å². The molecule has 3 rings (SSSR count). The van der Waals surface area contributed by atoms with Crippen LogP contribution in [0.4, 0.5) is 0 Å². The molecular weight excluding hydrogens is 431 g/mol. The van der Waals surface area contributed by atoms with Crippen LogP contribution in [0.1, 0.15) is 55.7 Å². The van der Waals surface area contributed by atoms with Gasteiger partial charge in [-0.3, -0.25) is 9.59 Å². The molecule has 0 aromatic heterocycles. The first kappa shape index (κ1) is 23.6. The third kappa shape index (κ3) is 6.47. The lowest BCUT2D eigenvalue weighted by atomic mass is 10.1. The Labute approximate surface area is 194 Å². The number of hydrogen-bond acceptors (Lipinski definition) is 2. The van der Waals surface area contributed by atoms with Crippen LogP contribution >= 0.6 is 23.2 Å². The Balaban J connectivity index is 1.83. The van der Waals surface area contributed by atoms with Gasteiger partial charge in [0.1, 0.15) is 6.04 Å². The lowest BCUT2D eigenvalue weighted by Crippen LogP contribution is -2.51. The highest BCUT2D eigenvalue weighted by molar-refractivity contribution is 6.42. The van der Waals surface area contributed by atoms with E-state index >= 15 is 0 Å². The molecule has 0 unspecified atom stereocenters. The standard InChI is InChI=1S/C25H30Cl2N2O2/c1-3-23(25(31)28-20-6-4-5-7-20)29(16-19-12-13-21(26)22(27)14-19)24(30)15-18-10-8-17(2)9-11-18/h8-14,20,23H,3-7,15-16H2,1-2H3,(H,28,31)/t23-/m1/s1. The van der Waals surface area contributed by atoms with E-state index in [1.165, 1.54) is 0 Å². The minimum Gasteiger partial charge on any atom is -0.352 e. The number of hydrogen-bond donors (Lipinski definition) is 1. The van der Waals surface area contributed by atoms with Gasteiger partial charge in [0.15, 0.2) is 0 Å². The van der Waals surface area contributed by atoms with Gasteiger partial charge < -0.3 is 10.2 Å². The summed E-state index contributed by atoms with van der Waals surface area (Å²) in [4.78, 5) is 28.2. The van der Waals surface area contributed by atoms with E-state index in [1.54, 1.807) is 17.0 Å². The number of aryl methyl sites for hydroxylation is 1. The van der Waals surface area contributed by atoms with Gasteiger partial charge in [-0.05, 0) is 49.4 Å². The van der Waals surface area contributed by atoms with Crippen LogP contribution in [0.3, 0.4) is 0 Å². The third-order valence-electron chi connectivity index (χ3n) is 5.90. The number of amides is 2. The molecule has 0 bridgehead atoms. The molecule has 0 radical (unpaired) electrons. The van der Waals surface area contributed by atoms with E-state index in [1.807, 2.05) is 44.2 Å². The summed E-state index contributed by atoms with van der Waals surface area (Å²) in [6.45, 7) is 4.26. The van der Waals surface area contributed by atoms with Crippen LogP contribution in [0.15, 0.2) is 42.5 Å². The van der Waals surface area contributed by atoms with Crippen molar-refractivity contribution < 1.29 is 9.59 Å². The Morgan fingerprint density at radius 2 is 1.68 bits per heavy atom. The van der Waals surface area contributed by atoms with Crippen molar-refractivity contribution in [1.29, 1.82) is 0 Å². The predicted molar refractivity (Wildman–Crippen MR) is 126 cm³/mol. The predicted octanol–water partition coefficient (Wildman–Crippen LogP) is 5.71. The first-order valence-corrected chi connectivity index (χ1v) is 11.7. The molecule has 0 heterocycles. The van der Waals surface area contributed by atoms with Crippen molar-refractivity contribution >= 4 is 35.0 Å². The summed E-state index contributed by atoms with van der Waals surface area (Å²) in [5, 5.41) is 4.07. The van der Waals surface area contributed by atoms with Crippen molar-refractivity contribution in [3.05, 3.63) is 69.2 Å². The van der Waals surface area contributed by atoms with Gasteiger partial charge in [0.2, 0.25) is 11.8 Å². The Kier molecular flexibility index (Phi) is 8.39. The molecule has 2 aromatic rings. The Morgan fingerprint density at radius 3 is 2.29 bits per heavy atom. The van der Waals surface area contributed by atoms with E-state index in [0.29, 0.717) is 23.0 Å². The third-order valence-corrected chi connectivity index (χ3v) is 6.64. The largest absolute Gasteiger partial charge is 0.352 e. The fourth-order valence-electron chi connectivity index (χ4n) is 4.10. The van der Waals surface area contributed by atoms with E-state index in [-0.39, 0.29) is 24.3 Å². The molecule has 6 heteroatoms. The second-order valence-corrected chi connectivity index (χ2v) is 9.16. The number of carbonyl (C=O) groups is 2. The first-order valence-electron chi connectivity index (χ1n) is 11.0. The summed E-state index contributed by atoms with van der Waals surface area (Å²) in [5.74, 6) is -0.157. The molecule has 0 saturated heterocycles. The molecule has 1 aliphatic rings. The zero-order valence-corrected chi connectivity index (χ0v) is 19.7. The highest BCUT2D eigenvalue weighted by Gasteiger charge is 2.30. The highest BCUT2D eigenvalue weighted by Crippen LogP contribution is 2.25. The molecule has 31 heavy (non-hydrogen) atoms. The van der Waals surface area contributed by atoms with Gasteiger partial charge in [-0.2, -0.15) is 0 Å². The van der Waals surface area contributed by atoms with Crippen molar-refractivity contribution in [2.45, 2.75) is 71.0 Å². The number of benzene rings is 2. The molecule has 1 N–H and O–H groups in total. The van der Waals surface area contributed by atoms with E-state index in [4.69, 9.17) is 23.2 Å². The Bertz CT molecular complexity index is 908. The molecule has 1 fully saturated rings. The smallest absolute Gasteiger partial charge is 0.243 e. The molecule has 1 atom stereocenters. The molecule has 1 aliphatic carbocycles. The maximum Gasteiger partial charge on any atom is 0.243 e. The van der Waals surface area contributed by atoms with Gasteiger partial charge in [-0.1, -0.05) is 78.9 Å². The maximum atomic E-state index is 13.4. The second kappa shape index (κ2) is 11.0. The average molecular weight is 461 g/mol. The fraction of sp³-hybridized carbons (Fsp3) is 0.440. The number of halogens is 2. The summed E-state index contributed by atoms with van der Waals surface area (Å²) >= 11 is 12.3. The van der Waals surface area contributed by atoms with Crippen LogP contribution in [-0.4, -0.2) is 28.8 Å². The molecule has 2 amide bonds. The van der Waals surface area contributed by atoms with Crippen LogP contribution in [0, 0.1) is 6.92 Å². The number of rotatable bonds is 8. The van der Waals surface area contributed by atoms with Crippen molar-refractivity contribution in [2.75, 3.05) is 0 Å². The van der Waals surface area contributed by atoms with Gasteiger partial charge in [0, 0.05) is 12.6 Å². The normalized spacial score (nSPS) is 15.0.